The van der Waals surface area contributed by atoms with E-state index in [1.807, 2.05) is 42.5 Å². The second-order valence-electron chi connectivity index (χ2n) is 7.90. The highest BCUT2D eigenvalue weighted by Gasteiger charge is 2.51. The number of hydrogen-bond acceptors (Lipinski definition) is 4. The number of hydrogen-bond donors (Lipinski definition) is 1. The zero-order chi connectivity index (χ0) is 19.7. The summed E-state index contributed by atoms with van der Waals surface area (Å²) < 4.78 is 11.0. The molecule has 148 valence electrons. The number of piperidine rings is 2. The minimum absolute atomic E-state index is 0.239. The molecule has 2 fully saturated rings. The molecular formula is C23H28N2O3. The van der Waals surface area contributed by atoms with Crippen LogP contribution in [0.4, 0.5) is 5.69 Å². The van der Waals surface area contributed by atoms with E-state index < -0.39 is 5.41 Å². The van der Waals surface area contributed by atoms with Crippen molar-refractivity contribution in [1.29, 1.82) is 0 Å². The van der Waals surface area contributed by atoms with Crippen LogP contribution in [0.25, 0.3) is 0 Å². The minimum atomic E-state index is -0.664. The standard InChI is InChI=1S/C23H28N2O3/c1-27-19-10-5-7-16(13-19)23(22(24)26)14-17-8-6-9-18(15-23)25(17)20-11-3-4-12-21(20)28-2/h3-5,7,10-13,17-18H,6,8-9,14-15H2,1-2H3,(H2,24,26)/t17-,18+,23+. The van der Waals surface area contributed by atoms with Gasteiger partial charge in [0.15, 0.2) is 0 Å². The smallest absolute Gasteiger partial charge is 0.228 e. The number of methoxy groups -OCH3 is 2. The molecule has 28 heavy (non-hydrogen) atoms. The summed E-state index contributed by atoms with van der Waals surface area (Å²) in [5, 5.41) is 0. The Labute approximate surface area is 166 Å². The zero-order valence-corrected chi connectivity index (χ0v) is 16.6. The number of benzene rings is 2. The highest BCUT2D eigenvalue weighted by molar-refractivity contribution is 5.87. The summed E-state index contributed by atoms with van der Waals surface area (Å²) in [5.74, 6) is 1.40. The second kappa shape index (κ2) is 7.38. The van der Waals surface area contributed by atoms with E-state index in [1.165, 1.54) is 6.42 Å². The van der Waals surface area contributed by atoms with Gasteiger partial charge in [0.05, 0.1) is 25.3 Å². The fourth-order valence-corrected chi connectivity index (χ4v) is 5.19. The number of carbonyl (C=O) groups is 1. The van der Waals surface area contributed by atoms with Gasteiger partial charge >= 0.3 is 0 Å². The van der Waals surface area contributed by atoms with Gasteiger partial charge in [-0.25, -0.2) is 0 Å². The van der Waals surface area contributed by atoms with Gasteiger partial charge in [-0.3, -0.25) is 4.79 Å². The van der Waals surface area contributed by atoms with Gasteiger partial charge in [-0.05, 0) is 61.9 Å². The molecule has 0 spiro atoms. The number of amides is 1. The Morgan fingerprint density at radius 2 is 1.75 bits per heavy atom. The van der Waals surface area contributed by atoms with Gasteiger partial charge in [-0.2, -0.15) is 0 Å². The van der Waals surface area contributed by atoms with Gasteiger partial charge in [0.2, 0.25) is 5.91 Å². The first-order chi connectivity index (χ1) is 13.6. The lowest BCUT2D eigenvalue weighted by Crippen LogP contribution is -2.60. The number of nitrogens with zero attached hydrogens (tertiary/aromatic N) is 1. The largest absolute Gasteiger partial charge is 0.497 e. The Bertz CT molecular complexity index is 852. The molecule has 2 aromatic carbocycles. The Kier molecular flexibility index (Phi) is 4.92. The SMILES string of the molecule is COc1cccc([C@]2(C(N)=O)C[C@H]3CCC[C@@H](C2)N3c2ccccc2OC)c1. The van der Waals surface area contributed by atoms with Crippen molar-refractivity contribution in [2.24, 2.45) is 5.73 Å². The first kappa shape index (κ1) is 18.7. The summed E-state index contributed by atoms with van der Waals surface area (Å²) in [6.07, 6.45) is 4.70. The van der Waals surface area contributed by atoms with Crippen LogP contribution in [0.15, 0.2) is 48.5 Å². The monoisotopic (exact) mass is 380 g/mol. The molecule has 0 aromatic heterocycles. The third kappa shape index (κ3) is 2.99. The Hall–Kier alpha value is -2.69. The molecule has 2 aromatic rings. The number of para-hydroxylation sites is 2. The molecule has 2 aliphatic rings. The van der Waals surface area contributed by atoms with Gasteiger partial charge in [0.1, 0.15) is 11.5 Å². The molecule has 1 amide bonds. The van der Waals surface area contributed by atoms with E-state index in [4.69, 9.17) is 15.2 Å². The van der Waals surface area contributed by atoms with E-state index >= 15 is 0 Å². The maximum atomic E-state index is 12.8. The third-order valence-corrected chi connectivity index (χ3v) is 6.49. The molecule has 5 heteroatoms. The molecule has 3 atom stereocenters. The van der Waals surface area contributed by atoms with Crippen LogP contribution in [0, 0.1) is 0 Å². The topological polar surface area (TPSA) is 64.8 Å². The van der Waals surface area contributed by atoms with Crippen LogP contribution in [-0.2, 0) is 10.2 Å². The van der Waals surface area contributed by atoms with Crippen molar-refractivity contribution in [3.8, 4) is 11.5 Å². The van der Waals surface area contributed by atoms with E-state index in [0.29, 0.717) is 12.8 Å². The molecule has 2 N–H and O–H groups in total. The lowest BCUT2D eigenvalue weighted by molar-refractivity contribution is -0.125. The highest BCUT2D eigenvalue weighted by atomic mass is 16.5. The average Bonchev–Trinajstić information content (AvgIpc) is 2.72. The molecule has 2 aliphatic heterocycles. The predicted molar refractivity (Wildman–Crippen MR) is 110 cm³/mol. The summed E-state index contributed by atoms with van der Waals surface area (Å²) >= 11 is 0. The van der Waals surface area contributed by atoms with Gasteiger partial charge in [-0.15, -0.1) is 0 Å². The van der Waals surface area contributed by atoms with Crippen LogP contribution in [0.2, 0.25) is 0 Å². The number of rotatable bonds is 5. The van der Waals surface area contributed by atoms with Crippen LogP contribution in [-0.4, -0.2) is 32.2 Å². The second-order valence-corrected chi connectivity index (χ2v) is 7.90. The number of anilines is 1. The van der Waals surface area contributed by atoms with Crippen molar-refractivity contribution in [3.05, 3.63) is 54.1 Å². The summed E-state index contributed by atoms with van der Waals surface area (Å²) in [7, 11) is 3.36. The number of nitrogens with two attached hydrogens (primary N) is 1. The van der Waals surface area contributed by atoms with Gasteiger partial charge in [-0.1, -0.05) is 24.3 Å². The predicted octanol–water partition coefficient (Wildman–Crippen LogP) is 3.65. The minimum Gasteiger partial charge on any atom is -0.497 e. The van der Waals surface area contributed by atoms with E-state index in [2.05, 4.69) is 11.0 Å². The van der Waals surface area contributed by atoms with Crippen molar-refractivity contribution < 1.29 is 14.3 Å². The first-order valence-electron chi connectivity index (χ1n) is 9.95. The molecule has 2 heterocycles. The van der Waals surface area contributed by atoms with E-state index in [9.17, 15) is 4.79 Å². The zero-order valence-electron chi connectivity index (χ0n) is 16.6. The van der Waals surface area contributed by atoms with Crippen molar-refractivity contribution >= 4 is 11.6 Å². The molecule has 2 bridgehead atoms. The van der Waals surface area contributed by atoms with Gasteiger partial charge < -0.3 is 20.1 Å². The number of primary amides is 1. The summed E-state index contributed by atoms with van der Waals surface area (Å²) in [4.78, 5) is 15.3. The summed E-state index contributed by atoms with van der Waals surface area (Å²) in [6, 6.07) is 16.5. The Morgan fingerprint density at radius 1 is 1.04 bits per heavy atom. The maximum Gasteiger partial charge on any atom is 0.228 e. The fraction of sp³-hybridized carbons (Fsp3) is 0.435. The third-order valence-electron chi connectivity index (χ3n) is 6.49. The summed E-state index contributed by atoms with van der Waals surface area (Å²) in [6.45, 7) is 0. The highest BCUT2D eigenvalue weighted by Crippen LogP contribution is 2.49. The fourth-order valence-electron chi connectivity index (χ4n) is 5.19. The lowest BCUT2D eigenvalue weighted by Gasteiger charge is -2.54. The number of ether oxygens (including phenoxy) is 2. The maximum absolute atomic E-state index is 12.8. The van der Waals surface area contributed by atoms with Crippen LogP contribution in [0.5, 0.6) is 11.5 Å². The molecule has 0 unspecified atom stereocenters. The van der Waals surface area contributed by atoms with E-state index in [-0.39, 0.29) is 18.0 Å². The van der Waals surface area contributed by atoms with Crippen molar-refractivity contribution in [3.63, 3.8) is 0 Å². The first-order valence-corrected chi connectivity index (χ1v) is 9.95. The van der Waals surface area contributed by atoms with Gasteiger partial charge in [0.25, 0.3) is 0 Å². The molecule has 0 aliphatic carbocycles. The molecule has 2 saturated heterocycles. The van der Waals surface area contributed by atoms with Crippen LogP contribution in [0.3, 0.4) is 0 Å². The van der Waals surface area contributed by atoms with E-state index in [0.717, 1.165) is 35.6 Å². The Morgan fingerprint density at radius 3 is 2.39 bits per heavy atom. The molecule has 0 saturated carbocycles. The lowest BCUT2D eigenvalue weighted by atomic mass is 9.64. The number of fused-ring (bicyclic) bond motifs is 2. The molecule has 4 rings (SSSR count). The molecule has 5 nitrogen and oxygen atoms in total. The van der Waals surface area contributed by atoms with Crippen molar-refractivity contribution in [1.82, 2.24) is 0 Å². The van der Waals surface area contributed by atoms with Gasteiger partial charge in [0, 0.05) is 12.1 Å². The Balaban J connectivity index is 1.76. The van der Waals surface area contributed by atoms with Crippen LogP contribution < -0.4 is 20.1 Å². The van der Waals surface area contributed by atoms with Crippen molar-refractivity contribution in [2.45, 2.75) is 49.6 Å². The van der Waals surface area contributed by atoms with E-state index in [1.54, 1.807) is 14.2 Å². The molecular weight excluding hydrogens is 352 g/mol. The molecule has 0 radical (unpaired) electrons. The average molecular weight is 380 g/mol. The normalized spacial score (nSPS) is 26.6. The summed E-state index contributed by atoms with van der Waals surface area (Å²) in [5.41, 5.74) is 7.47. The van der Waals surface area contributed by atoms with Crippen molar-refractivity contribution in [2.75, 3.05) is 19.1 Å². The quantitative estimate of drug-likeness (QED) is 0.860. The van der Waals surface area contributed by atoms with Crippen LogP contribution in [0.1, 0.15) is 37.7 Å². The van der Waals surface area contributed by atoms with Crippen LogP contribution >= 0.6 is 0 Å². The number of carbonyl (C=O) groups excluding carboxylic acids is 1.